The monoisotopic (exact) mass is 299 g/mol. The fraction of sp³-hybridized carbons (Fsp3) is 1.00. The van der Waals surface area contributed by atoms with Gasteiger partial charge >= 0.3 is 0 Å². The molecule has 1 heterocycles. The number of hydrogen-bond donors (Lipinski definition) is 1. The number of hydrogen-bond acceptors (Lipinski definition) is 3. The van der Waals surface area contributed by atoms with Crippen molar-refractivity contribution >= 4 is 29.3 Å². The first-order chi connectivity index (χ1) is 7.67. The second-order valence-corrected chi connectivity index (χ2v) is 12.5. The second-order valence-electron chi connectivity index (χ2n) is 5.80. The molecule has 0 aromatic heterocycles. The Bertz CT molecular complexity index is 239. The lowest BCUT2D eigenvalue weighted by atomic mass is 10.2. The summed E-state index contributed by atoms with van der Waals surface area (Å²) in [5.41, 5.74) is 0. The average Bonchev–Trinajstić information content (AvgIpc) is 2.14. The van der Waals surface area contributed by atoms with Crippen LogP contribution in [0, 0.1) is 17.8 Å². The lowest BCUT2D eigenvalue weighted by Crippen LogP contribution is -2.44. The van der Waals surface area contributed by atoms with Crippen LogP contribution < -0.4 is 0 Å². The molecule has 1 saturated heterocycles. The summed E-state index contributed by atoms with van der Waals surface area (Å²) in [6.07, 6.45) is -0.158. The number of thiol groups is 1. The molecule has 17 heavy (non-hydrogen) atoms. The first-order valence-electron chi connectivity index (χ1n) is 6.29. The van der Waals surface area contributed by atoms with E-state index < -0.39 is 5.82 Å². The number of ether oxygens (including phenoxy) is 2. The van der Waals surface area contributed by atoms with Gasteiger partial charge < -0.3 is 9.47 Å². The zero-order chi connectivity index (χ0) is 13.4. The molecule has 5 heteroatoms. The van der Waals surface area contributed by atoms with E-state index in [1.807, 2.05) is 0 Å². The quantitative estimate of drug-likeness (QED) is 0.584. The molecule has 1 aliphatic rings. The van der Waals surface area contributed by atoms with Gasteiger partial charge in [0.1, 0.15) is 11.2 Å². The largest absolute Gasteiger partial charge is 0.312 e. The molecule has 0 aromatic carbocycles. The van der Waals surface area contributed by atoms with Gasteiger partial charge in [-0.25, -0.2) is 0 Å². The van der Waals surface area contributed by atoms with Crippen molar-refractivity contribution in [1.82, 2.24) is 0 Å². The van der Waals surface area contributed by atoms with Crippen LogP contribution in [0.1, 0.15) is 41.5 Å². The van der Waals surface area contributed by atoms with Crippen LogP contribution in [0.3, 0.4) is 0 Å². The third-order valence-electron chi connectivity index (χ3n) is 2.95. The van der Waals surface area contributed by atoms with Gasteiger partial charge in [0, 0.05) is 30.0 Å². The molecule has 0 saturated carbocycles. The van der Waals surface area contributed by atoms with E-state index >= 15 is 0 Å². The van der Waals surface area contributed by atoms with E-state index in [2.05, 4.69) is 41.5 Å². The molecular weight excluding hydrogens is 275 g/mol. The van der Waals surface area contributed by atoms with Gasteiger partial charge in [0.25, 0.3) is 0 Å². The van der Waals surface area contributed by atoms with Crippen LogP contribution in [0.25, 0.3) is 0 Å². The Morgan fingerprint density at radius 3 is 1.47 bits per heavy atom. The van der Waals surface area contributed by atoms with Gasteiger partial charge in [0.05, 0.1) is 0 Å². The highest BCUT2D eigenvalue weighted by molar-refractivity contribution is 8.62. The summed E-state index contributed by atoms with van der Waals surface area (Å²) in [4.78, 5) is 0. The molecule has 2 nitrogen and oxygen atoms in total. The van der Waals surface area contributed by atoms with Gasteiger partial charge in [-0.3, -0.25) is 0 Å². The molecule has 1 fully saturated rings. The fourth-order valence-electron chi connectivity index (χ4n) is 2.09. The molecule has 102 valence electrons. The summed E-state index contributed by atoms with van der Waals surface area (Å²) in [6, 6.07) is 0. The van der Waals surface area contributed by atoms with E-state index in [1.165, 1.54) is 0 Å². The zero-order valence-electron chi connectivity index (χ0n) is 11.6. The Balaban J connectivity index is 2.97. The van der Waals surface area contributed by atoms with E-state index in [0.717, 1.165) is 0 Å². The van der Waals surface area contributed by atoms with Crippen molar-refractivity contribution < 1.29 is 9.47 Å². The van der Waals surface area contributed by atoms with Crippen molar-refractivity contribution in [3.05, 3.63) is 0 Å². The summed E-state index contributed by atoms with van der Waals surface area (Å²) in [5.74, 6) is -0.927. The van der Waals surface area contributed by atoms with Crippen LogP contribution in [0.2, 0.25) is 0 Å². The molecule has 1 aliphatic heterocycles. The van der Waals surface area contributed by atoms with Crippen molar-refractivity contribution in [2.45, 2.75) is 59.5 Å². The minimum absolute atomic E-state index is 0.0149. The normalized spacial score (nSPS) is 39.4. The standard InChI is InChI=1S/C12H25ClO2PS/c1-7(2)10-14-11(8(3)4)16(13,17)12(15-10)9(5)6/h7-12,17H,1-6H3/q+1. The van der Waals surface area contributed by atoms with Gasteiger partial charge in [-0.1, -0.05) is 41.5 Å². The van der Waals surface area contributed by atoms with Crippen LogP contribution in [-0.2, 0) is 9.47 Å². The maximum Gasteiger partial charge on any atom is 0.228 e. The minimum Gasteiger partial charge on any atom is -0.312 e. The molecule has 0 spiro atoms. The molecular formula is C12H25ClO2PS+. The maximum atomic E-state index is 6.69. The Morgan fingerprint density at radius 2 is 1.24 bits per heavy atom. The summed E-state index contributed by atoms with van der Waals surface area (Å²) < 4.78 is 12.0. The van der Waals surface area contributed by atoms with Gasteiger partial charge in [-0.2, -0.15) is 0 Å². The lowest BCUT2D eigenvalue weighted by Gasteiger charge is -2.42. The molecule has 0 N–H and O–H groups in total. The molecule has 0 bridgehead atoms. The Kier molecular flexibility index (Phi) is 5.63. The van der Waals surface area contributed by atoms with Gasteiger partial charge in [0.2, 0.25) is 17.5 Å². The van der Waals surface area contributed by atoms with Crippen LogP contribution in [0.5, 0.6) is 0 Å². The minimum atomic E-state index is -2.02. The van der Waals surface area contributed by atoms with Crippen LogP contribution >= 0.6 is 29.3 Å². The van der Waals surface area contributed by atoms with Crippen LogP contribution in [0.4, 0.5) is 0 Å². The van der Waals surface area contributed by atoms with E-state index in [0.29, 0.717) is 17.8 Å². The Labute approximate surface area is 116 Å². The van der Waals surface area contributed by atoms with Crippen molar-refractivity contribution in [3.8, 4) is 0 Å². The predicted octanol–water partition coefficient (Wildman–Crippen LogP) is 5.00. The van der Waals surface area contributed by atoms with Gasteiger partial charge in [-0.15, -0.1) is 0 Å². The summed E-state index contributed by atoms with van der Waals surface area (Å²) >= 11 is 11.4. The average molecular weight is 300 g/mol. The van der Waals surface area contributed by atoms with Crippen molar-refractivity contribution in [2.24, 2.45) is 17.8 Å². The van der Waals surface area contributed by atoms with Crippen LogP contribution in [0.15, 0.2) is 0 Å². The van der Waals surface area contributed by atoms with E-state index in [1.54, 1.807) is 0 Å². The summed E-state index contributed by atoms with van der Waals surface area (Å²) in [7, 11) is 0. The SMILES string of the molecule is CC(C)C1OC(C(C)C)[P+](S)(Cl)C(C(C)C)O1. The zero-order valence-corrected chi connectivity index (χ0v) is 14.1. The van der Waals surface area contributed by atoms with Crippen molar-refractivity contribution in [2.75, 3.05) is 0 Å². The maximum absolute atomic E-state index is 6.69. The Hall–Kier alpha value is 0.990. The highest BCUT2D eigenvalue weighted by Crippen LogP contribution is 2.80. The third kappa shape index (κ3) is 3.51. The summed E-state index contributed by atoms with van der Waals surface area (Å²) in [5, 5.41) is 0. The van der Waals surface area contributed by atoms with E-state index in [9.17, 15) is 0 Å². The van der Waals surface area contributed by atoms with Gasteiger partial charge in [0.15, 0.2) is 6.29 Å². The van der Waals surface area contributed by atoms with E-state index in [-0.39, 0.29) is 18.0 Å². The first kappa shape index (κ1) is 16.0. The second kappa shape index (κ2) is 5.96. The predicted molar refractivity (Wildman–Crippen MR) is 79.8 cm³/mol. The fourth-order valence-corrected chi connectivity index (χ4v) is 8.19. The van der Waals surface area contributed by atoms with Crippen molar-refractivity contribution in [1.29, 1.82) is 0 Å². The molecule has 0 aromatic rings. The third-order valence-corrected chi connectivity index (χ3v) is 8.33. The molecule has 0 radical (unpaired) electrons. The Morgan fingerprint density at radius 1 is 0.882 bits per heavy atom. The number of rotatable bonds is 3. The molecule has 2 atom stereocenters. The molecule has 0 amide bonds. The van der Waals surface area contributed by atoms with Gasteiger partial charge in [-0.05, 0) is 0 Å². The first-order valence-corrected chi connectivity index (χ1v) is 10.3. The molecule has 0 aliphatic carbocycles. The van der Waals surface area contributed by atoms with E-state index in [4.69, 9.17) is 33.0 Å². The van der Waals surface area contributed by atoms with Crippen LogP contribution in [-0.4, -0.2) is 18.0 Å². The highest BCUT2D eigenvalue weighted by atomic mass is 35.7. The molecule has 2 unspecified atom stereocenters. The molecule has 1 rings (SSSR count). The smallest absolute Gasteiger partial charge is 0.228 e. The highest BCUT2D eigenvalue weighted by Gasteiger charge is 2.59. The topological polar surface area (TPSA) is 18.5 Å². The lowest BCUT2D eigenvalue weighted by molar-refractivity contribution is -0.211. The van der Waals surface area contributed by atoms with Crippen molar-refractivity contribution in [3.63, 3.8) is 0 Å². The number of halogens is 1. The summed E-state index contributed by atoms with van der Waals surface area (Å²) in [6.45, 7) is 12.8.